The van der Waals surface area contributed by atoms with Crippen LogP contribution in [0.4, 0.5) is 5.95 Å². The molecule has 104 valence electrons. The van der Waals surface area contributed by atoms with Crippen molar-refractivity contribution < 1.29 is 4.79 Å². The Kier molecular flexibility index (Phi) is 3.37. The molecule has 2 N–H and O–H groups in total. The molecule has 1 aliphatic carbocycles. The van der Waals surface area contributed by atoms with E-state index in [1.54, 1.807) is 0 Å². The molecule has 0 radical (unpaired) electrons. The maximum absolute atomic E-state index is 12.1. The molecule has 0 unspecified atom stereocenters. The standard InChI is InChI=1S/C12H20N6O/c13-12-14-9-18(15-12)8-11(19)17-5-3-16(4-6-17)7-10-1-2-10/h9-10H,1-8H2,(H2,13,15). The fourth-order valence-corrected chi connectivity index (χ4v) is 2.47. The molecule has 0 atom stereocenters. The summed E-state index contributed by atoms with van der Waals surface area (Å²) in [5.41, 5.74) is 5.43. The number of anilines is 1. The van der Waals surface area contributed by atoms with E-state index in [4.69, 9.17) is 5.73 Å². The molecule has 3 rings (SSSR count). The highest BCUT2D eigenvalue weighted by atomic mass is 16.2. The first-order chi connectivity index (χ1) is 9.20. The average molecular weight is 264 g/mol. The fraction of sp³-hybridized carbons (Fsp3) is 0.750. The van der Waals surface area contributed by atoms with Crippen molar-refractivity contribution in [3.63, 3.8) is 0 Å². The van der Waals surface area contributed by atoms with Crippen LogP contribution in [0.5, 0.6) is 0 Å². The number of nitrogens with two attached hydrogens (primary N) is 1. The summed E-state index contributed by atoms with van der Waals surface area (Å²) in [5.74, 6) is 1.22. The van der Waals surface area contributed by atoms with E-state index < -0.39 is 0 Å². The molecule has 7 nitrogen and oxygen atoms in total. The zero-order chi connectivity index (χ0) is 13.2. The molecule has 0 aromatic carbocycles. The number of carbonyl (C=O) groups excluding carboxylic acids is 1. The normalized spacial score (nSPS) is 20.7. The molecule has 0 spiro atoms. The lowest BCUT2D eigenvalue weighted by Crippen LogP contribution is -2.49. The first-order valence-electron chi connectivity index (χ1n) is 6.86. The topological polar surface area (TPSA) is 80.3 Å². The molecule has 2 fully saturated rings. The SMILES string of the molecule is Nc1ncn(CC(=O)N2CCN(CC3CC3)CC2)n1. The lowest BCUT2D eigenvalue weighted by atomic mass is 10.2. The van der Waals surface area contributed by atoms with E-state index in [1.807, 2.05) is 4.90 Å². The molecule has 19 heavy (non-hydrogen) atoms. The van der Waals surface area contributed by atoms with E-state index in [-0.39, 0.29) is 18.4 Å². The molecule has 2 aliphatic rings. The lowest BCUT2D eigenvalue weighted by molar-refractivity contribution is -0.133. The van der Waals surface area contributed by atoms with Crippen molar-refractivity contribution in [3.05, 3.63) is 6.33 Å². The first-order valence-corrected chi connectivity index (χ1v) is 6.86. The Bertz CT molecular complexity index is 447. The van der Waals surface area contributed by atoms with Crippen molar-refractivity contribution in [1.29, 1.82) is 0 Å². The molecular weight excluding hydrogens is 244 g/mol. The Labute approximate surface area is 112 Å². The van der Waals surface area contributed by atoms with Crippen LogP contribution < -0.4 is 5.73 Å². The summed E-state index contributed by atoms with van der Waals surface area (Å²) in [4.78, 5) is 20.3. The second-order valence-electron chi connectivity index (χ2n) is 5.43. The van der Waals surface area contributed by atoms with Gasteiger partial charge in [-0.25, -0.2) is 9.67 Å². The van der Waals surface area contributed by atoms with Crippen LogP contribution in [0.15, 0.2) is 6.33 Å². The van der Waals surface area contributed by atoms with Crippen LogP contribution in [-0.4, -0.2) is 63.2 Å². The summed E-state index contributed by atoms with van der Waals surface area (Å²) in [6, 6.07) is 0. The summed E-state index contributed by atoms with van der Waals surface area (Å²) in [7, 11) is 0. The quantitative estimate of drug-likeness (QED) is 0.786. The minimum Gasteiger partial charge on any atom is -0.367 e. The van der Waals surface area contributed by atoms with Gasteiger partial charge in [0, 0.05) is 32.7 Å². The third-order valence-corrected chi connectivity index (χ3v) is 3.79. The Hall–Kier alpha value is -1.63. The van der Waals surface area contributed by atoms with Crippen molar-refractivity contribution in [1.82, 2.24) is 24.6 Å². The second kappa shape index (κ2) is 5.16. The van der Waals surface area contributed by atoms with Gasteiger partial charge in [-0.15, -0.1) is 5.10 Å². The van der Waals surface area contributed by atoms with Gasteiger partial charge < -0.3 is 10.6 Å². The van der Waals surface area contributed by atoms with Crippen LogP contribution in [0.25, 0.3) is 0 Å². The summed E-state index contributed by atoms with van der Waals surface area (Å²) >= 11 is 0. The Morgan fingerprint density at radius 1 is 1.32 bits per heavy atom. The highest BCUT2D eigenvalue weighted by Gasteiger charge is 2.27. The van der Waals surface area contributed by atoms with E-state index in [0.717, 1.165) is 32.1 Å². The van der Waals surface area contributed by atoms with Gasteiger partial charge in [0.1, 0.15) is 12.9 Å². The second-order valence-corrected chi connectivity index (χ2v) is 5.43. The number of nitrogen functional groups attached to an aromatic ring is 1. The van der Waals surface area contributed by atoms with Gasteiger partial charge in [-0.1, -0.05) is 0 Å². The maximum atomic E-state index is 12.1. The fourth-order valence-electron chi connectivity index (χ4n) is 2.47. The third kappa shape index (κ3) is 3.23. The van der Waals surface area contributed by atoms with Gasteiger partial charge in [0.15, 0.2) is 0 Å². The number of aromatic nitrogens is 3. The molecule has 1 saturated carbocycles. The Morgan fingerprint density at radius 3 is 2.63 bits per heavy atom. The predicted molar refractivity (Wildman–Crippen MR) is 70.2 cm³/mol. The van der Waals surface area contributed by atoms with E-state index in [0.29, 0.717) is 0 Å². The van der Waals surface area contributed by atoms with E-state index >= 15 is 0 Å². The number of rotatable bonds is 4. The van der Waals surface area contributed by atoms with Crippen LogP contribution in [-0.2, 0) is 11.3 Å². The van der Waals surface area contributed by atoms with Crippen LogP contribution >= 0.6 is 0 Å². The smallest absolute Gasteiger partial charge is 0.244 e. The number of carbonyl (C=O) groups is 1. The monoisotopic (exact) mass is 264 g/mol. The van der Waals surface area contributed by atoms with E-state index in [9.17, 15) is 4.79 Å². The highest BCUT2D eigenvalue weighted by molar-refractivity contribution is 5.76. The molecule has 2 heterocycles. The van der Waals surface area contributed by atoms with Gasteiger partial charge in [-0.05, 0) is 18.8 Å². The van der Waals surface area contributed by atoms with Gasteiger partial charge in [-0.3, -0.25) is 9.69 Å². The number of amides is 1. The molecule has 1 aliphatic heterocycles. The number of hydrogen-bond acceptors (Lipinski definition) is 5. The van der Waals surface area contributed by atoms with Crippen LogP contribution in [0.3, 0.4) is 0 Å². The van der Waals surface area contributed by atoms with Crippen molar-refractivity contribution in [2.24, 2.45) is 5.92 Å². The summed E-state index contributed by atoms with van der Waals surface area (Å²) in [6.07, 6.45) is 4.26. The summed E-state index contributed by atoms with van der Waals surface area (Å²) in [5, 5.41) is 3.93. The molecule has 1 aromatic rings. The lowest BCUT2D eigenvalue weighted by Gasteiger charge is -2.34. The van der Waals surface area contributed by atoms with Crippen LogP contribution in [0, 0.1) is 5.92 Å². The molecule has 1 amide bonds. The molecule has 1 saturated heterocycles. The molecule has 7 heteroatoms. The van der Waals surface area contributed by atoms with E-state index in [2.05, 4.69) is 15.0 Å². The predicted octanol–water partition coefficient (Wildman–Crippen LogP) is -0.585. The van der Waals surface area contributed by atoms with Gasteiger partial charge in [0.05, 0.1) is 0 Å². The van der Waals surface area contributed by atoms with Crippen molar-refractivity contribution in [2.45, 2.75) is 19.4 Å². The number of piperazine rings is 1. The van der Waals surface area contributed by atoms with E-state index in [1.165, 1.54) is 30.4 Å². The largest absolute Gasteiger partial charge is 0.367 e. The molecular formula is C12H20N6O. The van der Waals surface area contributed by atoms with Crippen molar-refractivity contribution >= 4 is 11.9 Å². The van der Waals surface area contributed by atoms with Crippen LogP contribution in [0.2, 0.25) is 0 Å². The summed E-state index contributed by atoms with van der Waals surface area (Å²) < 4.78 is 1.49. The van der Waals surface area contributed by atoms with Gasteiger partial charge in [0.2, 0.25) is 11.9 Å². The van der Waals surface area contributed by atoms with Gasteiger partial charge >= 0.3 is 0 Å². The Morgan fingerprint density at radius 2 is 2.05 bits per heavy atom. The Balaban J connectivity index is 1.46. The molecule has 1 aromatic heterocycles. The number of nitrogens with zero attached hydrogens (tertiary/aromatic N) is 5. The number of hydrogen-bond donors (Lipinski definition) is 1. The minimum absolute atomic E-state index is 0.0935. The minimum atomic E-state index is 0.0935. The van der Waals surface area contributed by atoms with Crippen LogP contribution in [0.1, 0.15) is 12.8 Å². The van der Waals surface area contributed by atoms with Crippen molar-refractivity contribution in [2.75, 3.05) is 38.5 Å². The van der Waals surface area contributed by atoms with Gasteiger partial charge in [-0.2, -0.15) is 0 Å². The zero-order valence-electron chi connectivity index (χ0n) is 11.0. The zero-order valence-corrected chi connectivity index (χ0v) is 11.0. The third-order valence-electron chi connectivity index (χ3n) is 3.79. The van der Waals surface area contributed by atoms with Crippen molar-refractivity contribution in [3.8, 4) is 0 Å². The van der Waals surface area contributed by atoms with Gasteiger partial charge in [0.25, 0.3) is 0 Å². The molecule has 0 bridgehead atoms. The average Bonchev–Trinajstić information content (AvgIpc) is 3.12. The maximum Gasteiger partial charge on any atom is 0.244 e. The highest BCUT2D eigenvalue weighted by Crippen LogP contribution is 2.29. The first kappa shape index (κ1) is 12.4. The summed E-state index contributed by atoms with van der Waals surface area (Å²) in [6.45, 7) is 5.05.